The Balaban J connectivity index is 1.72. The van der Waals surface area contributed by atoms with Crippen LogP contribution in [0.1, 0.15) is 18.9 Å². The van der Waals surface area contributed by atoms with Crippen LogP contribution in [0, 0.1) is 5.82 Å². The first kappa shape index (κ1) is 26.7. The van der Waals surface area contributed by atoms with Crippen LogP contribution in [-0.2, 0) is 14.3 Å². The molecule has 2 aromatic rings. The number of methoxy groups -OCH3 is 1. The molecule has 11 heteroatoms. The smallest absolute Gasteiger partial charge is 0.293 e. The van der Waals surface area contributed by atoms with Crippen LogP contribution in [0.4, 0.5) is 14.9 Å². The number of anilines is 1. The lowest BCUT2D eigenvalue weighted by Gasteiger charge is -2.15. The van der Waals surface area contributed by atoms with Crippen molar-refractivity contribution in [2.24, 2.45) is 0 Å². The van der Waals surface area contributed by atoms with Gasteiger partial charge in [0, 0.05) is 25.9 Å². The summed E-state index contributed by atoms with van der Waals surface area (Å²) in [7, 11) is 1.56. The molecule has 0 spiro atoms. The molecule has 1 heterocycles. The zero-order valence-corrected chi connectivity index (χ0v) is 21.5. The van der Waals surface area contributed by atoms with Gasteiger partial charge in [0.25, 0.3) is 17.1 Å². The molecule has 1 saturated heterocycles. The molecule has 0 aliphatic carbocycles. The van der Waals surface area contributed by atoms with Crippen LogP contribution in [0.3, 0.4) is 0 Å². The standard InChI is InChI=1S/C24H24BrFN2O6S/c1-3-33-19-12-15(13-20-23(30)28(24(31)35-20)9-4-10-32-2)11-18(25)22(19)34-14-21(29)27-17-7-5-16(26)6-8-17/h5-8,11-13H,3-4,9-10,14H2,1-2H3,(H,27,29)/b20-13+. The van der Waals surface area contributed by atoms with Crippen LogP contribution in [-0.4, -0.2) is 55.4 Å². The summed E-state index contributed by atoms with van der Waals surface area (Å²) in [5, 5.41) is 2.29. The van der Waals surface area contributed by atoms with Crippen LogP contribution < -0.4 is 14.8 Å². The van der Waals surface area contributed by atoms with Gasteiger partial charge in [-0.15, -0.1) is 0 Å². The van der Waals surface area contributed by atoms with E-state index in [0.29, 0.717) is 51.8 Å². The average Bonchev–Trinajstić information content (AvgIpc) is 3.07. The van der Waals surface area contributed by atoms with Crippen molar-refractivity contribution in [1.29, 1.82) is 0 Å². The molecular weight excluding hydrogens is 543 g/mol. The van der Waals surface area contributed by atoms with Crippen LogP contribution in [0.25, 0.3) is 6.08 Å². The fraction of sp³-hybridized carbons (Fsp3) is 0.292. The van der Waals surface area contributed by atoms with E-state index in [2.05, 4.69) is 21.2 Å². The Bertz CT molecular complexity index is 1130. The molecule has 1 aliphatic heterocycles. The first-order chi connectivity index (χ1) is 16.8. The van der Waals surface area contributed by atoms with Gasteiger partial charge in [0.15, 0.2) is 18.1 Å². The highest BCUT2D eigenvalue weighted by atomic mass is 79.9. The van der Waals surface area contributed by atoms with Gasteiger partial charge >= 0.3 is 0 Å². The van der Waals surface area contributed by atoms with Crippen molar-refractivity contribution in [3.63, 3.8) is 0 Å². The predicted octanol–water partition coefficient (Wildman–Crippen LogP) is 5.08. The second-order valence-electron chi connectivity index (χ2n) is 7.29. The maximum Gasteiger partial charge on any atom is 0.293 e. The van der Waals surface area contributed by atoms with Gasteiger partial charge in [-0.1, -0.05) is 0 Å². The van der Waals surface area contributed by atoms with Gasteiger partial charge in [-0.05, 0) is 89.1 Å². The van der Waals surface area contributed by atoms with E-state index in [9.17, 15) is 18.8 Å². The number of nitrogens with one attached hydrogen (secondary N) is 1. The third-order valence-electron chi connectivity index (χ3n) is 4.71. The quantitative estimate of drug-likeness (QED) is 0.299. The van der Waals surface area contributed by atoms with Gasteiger partial charge in [0.05, 0.1) is 16.0 Å². The van der Waals surface area contributed by atoms with Gasteiger partial charge in [-0.2, -0.15) is 0 Å². The lowest BCUT2D eigenvalue weighted by atomic mass is 10.2. The number of hydrogen-bond donors (Lipinski definition) is 1. The molecule has 186 valence electrons. The van der Waals surface area contributed by atoms with Crippen molar-refractivity contribution in [2.45, 2.75) is 13.3 Å². The van der Waals surface area contributed by atoms with E-state index >= 15 is 0 Å². The van der Waals surface area contributed by atoms with E-state index in [1.807, 2.05) is 0 Å². The highest BCUT2D eigenvalue weighted by Gasteiger charge is 2.34. The monoisotopic (exact) mass is 566 g/mol. The van der Waals surface area contributed by atoms with Crippen LogP contribution in [0.2, 0.25) is 0 Å². The molecule has 8 nitrogen and oxygen atoms in total. The molecule has 0 saturated carbocycles. The van der Waals surface area contributed by atoms with E-state index in [4.69, 9.17) is 14.2 Å². The topological polar surface area (TPSA) is 94.2 Å². The molecule has 0 atom stereocenters. The Morgan fingerprint density at radius 3 is 2.63 bits per heavy atom. The minimum absolute atomic E-state index is 0.288. The van der Waals surface area contributed by atoms with Crippen molar-refractivity contribution in [1.82, 2.24) is 4.90 Å². The summed E-state index contributed by atoms with van der Waals surface area (Å²) in [6, 6.07) is 8.75. The molecule has 1 N–H and O–H groups in total. The van der Waals surface area contributed by atoms with E-state index in [-0.39, 0.29) is 24.3 Å². The van der Waals surface area contributed by atoms with Crippen molar-refractivity contribution in [2.75, 3.05) is 38.8 Å². The number of imide groups is 1. The SMILES string of the molecule is CCOc1cc(/C=C2/SC(=O)N(CCCOC)C2=O)cc(Br)c1OCC(=O)Nc1ccc(F)cc1. The summed E-state index contributed by atoms with van der Waals surface area (Å²) in [4.78, 5) is 38.7. The van der Waals surface area contributed by atoms with Gasteiger partial charge in [0.2, 0.25) is 0 Å². The highest BCUT2D eigenvalue weighted by Crippen LogP contribution is 2.39. The Morgan fingerprint density at radius 2 is 1.94 bits per heavy atom. The Kier molecular flexibility index (Phi) is 9.70. The summed E-state index contributed by atoms with van der Waals surface area (Å²) in [6.45, 7) is 2.57. The number of nitrogens with zero attached hydrogens (tertiary/aromatic N) is 1. The maximum atomic E-state index is 13.0. The third-order valence-corrected chi connectivity index (χ3v) is 6.21. The molecule has 1 fully saturated rings. The van der Waals surface area contributed by atoms with E-state index in [1.165, 1.54) is 29.2 Å². The van der Waals surface area contributed by atoms with Crippen molar-refractivity contribution >= 4 is 56.5 Å². The van der Waals surface area contributed by atoms with Gasteiger partial charge < -0.3 is 19.5 Å². The van der Waals surface area contributed by atoms with Crippen molar-refractivity contribution in [3.8, 4) is 11.5 Å². The van der Waals surface area contributed by atoms with Crippen LogP contribution in [0.5, 0.6) is 11.5 Å². The van der Waals surface area contributed by atoms with E-state index < -0.39 is 11.7 Å². The minimum atomic E-state index is -0.433. The maximum absolute atomic E-state index is 13.0. The third kappa shape index (κ3) is 7.30. The number of amides is 3. The molecule has 0 bridgehead atoms. The number of halogens is 2. The molecule has 1 aliphatic rings. The van der Waals surface area contributed by atoms with E-state index in [0.717, 1.165) is 11.8 Å². The molecular formula is C24H24BrFN2O6S. The number of benzene rings is 2. The second kappa shape index (κ2) is 12.7. The van der Waals surface area contributed by atoms with Crippen molar-refractivity contribution in [3.05, 3.63) is 57.2 Å². The van der Waals surface area contributed by atoms with Crippen molar-refractivity contribution < 1.29 is 33.0 Å². The Morgan fingerprint density at radius 1 is 1.20 bits per heavy atom. The summed E-state index contributed by atoms with van der Waals surface area (Å²) in [5.74, 6) is -0.520. The Labute approximate surface area is 214 Å². The largest absolute Gasteiger partial charge is 0.490 e. The van der Waals surface area contributed by atoms with E-state index in [1.54, 1.807) is 32.2 Å². The number of hydrogen-bond acceptors (Lipinski definition) is 7. The molecule has 3 rings (SSSR count). The molecule has 35 heavy (non-hydrogen) atoms. The van der Waals surface area contributed by atoms with Gasteiger partial charge in [0.1, 0.15) is 5.82 Å². The van der Waals surface area contributed by atoms with Gasteiger partial charge in [-0.25, -0.2) is 4.39 Å². The summed E-state index contributed by atoms with van der Waals surface area (Å²) < 4.78 is 29.9. The number of ether oxygens (including phenoxy) is 3. The number of carbonyl (C=O) groups is 3. The number of rotatable bonds is 11. The summed E-state index contributed by atoms with van der Waals surface area (Å²) >= 11 is 4.31. The van der Waals surface area contributed by atoms with Crippen LogP contribution >= 0.6 is 27.7 Å². The van der Waals surface area contributed by atoms with Crippen LogP contribution in [0.15, 0.2) is 45.8 Å². The summed E-state index contributed by atoms with van der Waals surface area (Å²) in [5.41, 5.74) is 1.06. The van der Waals surface area contributed by atoms with Gasteiger partial charge in [-0.3, -0.25) is 19.3 Å². The second-order valence-corrected chi connectivity index (χ2v) is 9.13. The first-order valence-corrected chi connectivity index (χ1v) is 12.3. The molecule has 0 unspecified atom stereocenters. The average molecular weight is 567 g/mol. The lowest BCUT2D eigenvalue weighted by molar-refractivity contribution is -0.123. The molecule has 3 amide bonds. The predicted molar refractivity (Wildman–Crippen MR) is 135 cm³/mol. The summed E-state index contributed by atoms with van der Waals surface area (Å²) in [6.07, 6.45) is 2.17. The number of carbonyl (C=O) groups excluding carboxylic acids is 3. The fourth-order valence-electron chi connectivity index (χ4n) is 3.15. The number of thioether (sulfide) groups is 1. The normalized spacial score (nSPS) is 14.5. The Hall–Kier alpha value is -2.89. The fourth-order valence-corrected chi connectivity index (χ4v) is 4.59. The minimum Gasteiger partial charge on any atom is -0.490 e. The zero-order chi connectivity index (χ0) is 25.4. The lowest BCUT2D eigenvalue weighted by Crippen LogP contribution is -2.29. The zero-order valence-electron chi connectivity index (χ0n) is 19.1. The molecule has 2 aromatic carbocycles. The first-order valence-electron chi connectivity index (χ1n) is 10.7. The molecule has 0 aromatic heterocycles. The molecule has 0 radical (unpaired) electrons. The highest BCUT2D eigenvalue weighted by molar-refractivity contribution is 9.10.